The molecule has 0 aliphatic heterocycles. The third-order valence-electron chi connectivity index (χ3n) is 2.53. The molecular formula is C9H12N2O. The number of ketones is 1. The van der Waals surface area contributed by atoms with Crippen molar-refractivity contribution < 1.29 is 4.79 Å². The van der Waals surface area contributed by atoms with Crippen LogP contribution in [0.4, 0.5) is 0 Å². The van der Waals surface area contributed by atoms with Crippen LogP contribution < -0.4 is 0 Å². The molecule has 0 aromatic carbocycles. The van der Waals surface area contributed by atoms with Gasteiger partial charge in [-0.15, -0.1) is 0 Å². The summed E-state index contributed by atoms with van der Waals surface area (Å²) >= 11 is 0. The summed E-state index contributed by atoms with van der Waals surface area (Å²) in [5.41, 5.74) is 1.25. The first-order valence-electron chi connectivity index (χ1n) is 4.36. The highest BCUT2D eigenvalue weighted by atomic mass is 16.1. The maximum Gasteiger partial charge on any atom is 0.132 e. The number of nitrogens with zero attached hydrogens (tertiary/aromatic N) is 1. The normalized spacial score (nSPS) is 19.8. The van der Waals surface area contributed by atoms with Crippen LogP contribution in [0.25, 0.3) is 0 Å². The SMILES string of the molecule is O=C1CCC(c2cn[nH]c2)CC1. The molecule has 3 heteroatoms. The molecule has 1 heterocycles. The molecular weight excluding hydrogens is 152 g/mol. The minimum absolute atomic E-state index is 0.412. The topological polar surface area (TPSA) is 45.8 Å². The first-order valence-corrected chi connectivity index (χ1v) is 4.36. The van der Waals surface area contributed by atoms with E-state index in [1.807, 2.05) is 12.4 Å². The molecule has 2 rings (SSSR count). The number of H-pyrrole nitrogens is 1. The predicted molar refractivity (Wildman–Crippen MR) is 44.8 cm³/mol. The van der Waals surface area contributed by atoms with Crippen LogP contribution in [0, 0.1) is 0 Å². The second-order valence-electron chi connectivity index (χ2n) is 3.34. The summed E-state index contributed by atoms with van der Waals surface area (Å²) in [5, 5.41) is 6.71. The van der Waals surface area contributed by atoms with E-state index in [0.717, 1.165) is 25.7 Å². The minimum Gasteiger partial charge on any atom is -0.300 e. The first kappa shape index (κ1) is 7.53. The lowest BCUT2D eigenvalue weighted by molar-refractivity contribution is -0.120. The number of hydrogen-bond donors (Lipinski definition) is 1. The van der Waals surface area contributed by atoms with Gasteiger partial charge in [0.05, 0.1) is 6.20 Å². The predicted octanol–water partition coefficient (Wildman–Crippen LogP) is 1.64. The van der Waals surface area contributed by atoms with Gasteiger partial charge in [0.25, 0.3) is 0 Å². The molecule has 1 N–H and O–H groups in total. The van der Waals surface area contributed by atoms with E-state index in [1.165, 1.54) is 5.56 Å². The molecule has 1 aliphatic carbocycles. The zero-order valence-electron chi connectivity index (χ0n) is 6.92. The highest BCUT2D eigenvalue weighted by Crippen LogP contribution is 2.30. The number of aromatic nitrogens is 2. The van der Waals surface area contributed by atoms with Gasteiger partial charge in [0.1, 0.15) is 5.78 Å². The molecule has 1 aromatic heterocycles. The molecule has 0 atom stereocenters. The van der Waals surface area contributed by atoms with Crippen LogP contribution in [0.1, 0.15) is 37.2 Å². The monoisotopic (exact) mass is 164 g/mol. The Morgan fingerprint density at radius 1 is 1.42 bits per heavy atom. The fraction of sp³-hybridized carbons (Fsp3) is 0.556. The van der Waals surface area contributed by atoms with Crippen molar-refractivity contribution in [3.8, 4) is 0 Å². The van der Waals surface area contributed by atoms with Gasteiger partial charge in [0.15, 0.2) is 0 Å². The zero-order chi connectivity index (χ0) is 8.39. The van der Waals surface area contributed by atoms with Gasteiger partial charge >= 0.3 is 0 Å². The van der Waals surface area contributed by atoms with Crippen molar-refractivity contribution in [2.75, 3.05) is 0 Å². The molecule has 0 saturated heterocycles. The van der Waals surface area contributed by atoms with Crippen LogP contribution in [0.15, 0.2) is 12.4 Å². The van der Waals surface area contributed by atoms with Gasteiger partial charge in [-0.25, -0.2) is 0 Å². The Morgan fingerprint density at radius 3 is 2.75 bits per heavy atom. The van der Waals surface area contributed by atoms with Crippen molar-refractivity contribution in [2.24, 2.45) is 0 Å². The molecule has 1 aliphatic rings. The smallest absolute Gasteiger partial charge is 0.132 e. The van der Waals surface area contributed by atoms with Crippen molar-refractivity contribution >= 4 is 5.78 Å². The summed E-state index contributed by atoms with van der Waals surface area (Å²) in [6.45, 7) is 0. The largest absolute Gasteiger partial charge is 0.300 e. The van der Waals surface area contributed by atoms with Crippen molar-refractivity contribution in [2.45, 2.75) is 31.6 Å². The van der Waals surface area contributed by atoms with Crippen LogP contribution in [0.3, 0.4) is 0 Å². The van der Waals surface area contributed by atoms with E-state index in [9.17, 15) is 4.79 Å². The van der Waals surface area contributed by atoms with Gasteiger partial charge < -0.3 is 0 Å². The molecule has 0 bridgehead atoms. The summed E-state index contributed by atoms with van der Waals surface area (Å²) in [5.74, 6) is 0.969. The van der Waals surface area contributed by atoms with Crippen LogP contribution in [-0.2, 0) is 4.79 Å². The Bertz CT molecular complexity index is 256. The minimum atomic E-state index is 0.412. The Morgan fingerprint density at radius 2 is 2.17 bits per heavy atom. The molecule has 1 fully saturated rings. The lowest BCUT2D eigenvalue weighted by atomic mass is 9.85. The van der Waals surface area contributed by atoms with E-state index in [4.69, 9.17) is 0 Å². The fourth-order valence-electron chi connectivity index (χ4n) is 1.76. The quantitative estimate of drug-likeness (QED) is 0.685. The lowest BCUT2D eigenvalue weighted by Gasteiger charge is -2.18. The van der Waals surface area contributed by atoms with E-state index < -0.39 is 0 Å². The summed E-state index contributed by atoms with van der Waals surface area (Å²) in [7, 11) is 0. The Kier molecular flexibility index (Phi) is 1.94. The Hall–Kier alpha value is -1.12. The Labute approximate surface area is 71.2 Å². The van der Waals surface area contributed by atoms with E-state index in [2.05, 4.69) is 10.2 Å². The molecule has 0 unspecified atom stereocenters. The maximum atomic E-state index is 11.0. The van der Waals surface area contributed by atoms with Crippen molar-refractivity contribution in [1.82, 2.24) is 10.2 Å². The van der Waals surface area contributed by atoms with E-state index >= 15 is 0 Å². The maximum absolute atomic E-state index is 11.0. The fourth-order valence-corrected chi connectivity index (χ4v) is 1.76. The van der Waals surface area contributed by atoms with Gasteiger partial charge in [-0.05, 0) is 24.3 Å². The molecule has 0 amide bonds. The summed E-state index contributed by atoms with van der Waals surface area (Å²) in [6, 6.07) is 0. The average Bonchev–Trinajstić information content (AvgIpc) is 2.58. The molecule has 1 aromatic rings. The number of nitrogens with one attached hydrogen (secondary N) is 1. The average molecular weight is 164 g/mol. The van der Waals surface area contributed by atoms with Crippen LogP contribution in [0.2, 0.25) is 0 Å². The van der Waals surface area contributed by atoms with Gasteiger partial charge in [-0.1, -0.05) is 0 Å². The summed E-state index contributed by atoms with van der Waals surface area (Å²) < 4.78 is 0. The Balaban J connectivity index is 2.03. The highest BCUT2D eigenvalue weighted by Gasteiger charge is 2.20. The van der Waals surface area contributed by atoms with E-state index in [1.54, 1.807) is 0 Å². The third-order valence-corrected chi connectivity index (χ3v) is 2.53. The summed E-state index contributed by atoms with van der Waals surface area (Å²) in [6.07, 6.45) is 7.28. The molecule has 64 valence electrons. The standard InChI is InChI=1S/C9H12N2O/c12-9-3-1-7(2-4-9)8-5-10-11-6-8/h5-7H,1-4H2,(H,10,11). The molecule has 1 saturated carbocycles. The lowest BCUT2D eigenvalue weighted by Crippen LogP contribution is -2.11. The number of carbonyl (C=O) groups excluding carboxylic acids is 1. The highest BCUT2D eigenvalue weighted by molar-refractivity contribution is 5.79. The van der Waals surface area contributed by atoms with Crippen LogP contribution >= 0.6 is 0 Å². The second-order valence-corrected chi connectivity index (χ2v) is 3.34. The van der Waals surface area contributed by atoms with Crippen LogP contribution in [0.5, 0.6) is 0 Å². The molecule has 0 spiro atoms. The molecule has 0 radical (unpaired) electrons. The zero-order valence-corrected chi connectivity index (χ0v) is 6.92. The van der Waals surface area contributed by atoms with Crippen molar-refractivity contribution in [3.05, 3.63) is 18.0 Å². The van der Waals surface area contributed by atoms with Gasteiger partial charge in [-0.3, -0.25) is 9.89 Å². The van der Waals surface area contributed by atoms with Crippen molar-refractivity contribution in [1.29, 1.82) is 0 Å². The van der Waals surface area contributed by atoms with E-state index in [0.29, 0.717) is 11.7 Å². The number of hydrogen-bond acceptors (Lipinski definition) is 2. The number of carbonyl (C=O) groups is 1. The first-order chi connectivity index (χ1) is 5.86. The van der Waals surface area contributed by atoms with Crippen LogP contribution in [-0.4, -0.2) is 16.0 Å². The van der Waals surface area contributed by atoms with Crippen molar-refractivity contribution in [3.63, 3.8) is 0 Å². The molecule has 12 heavy (non-hydrogen) atoms. The van der Waals surface area contributed by atoms with Gasteiger partial charge in [0.2, 0.25) is 0 Å². The molecule has 3 nitrogen and oxygen atoms in total. The van der Waals surface area contributed by atoms with E-state index in [-0.39, 0.29) is 0 Å². The number of aromatic amines is 1. The second kappa shape index (κ2) is 3.09. The summed E-state index contributed by atoms with van der Waals surface area (Å²) in [4.78, 5) is 11.0. The number of rotatable bonds is 1. The van der Waals surface area contributed by atoms with Gasteiger partial charge in [-0.2, -0.15) is 5.10 Å². The van der Waals surface area contributed by atoms with Gasteiger partial charge in [0, 0.05) is 19.0 Å². The third kappa shape index (κ3) is 1.40. The number of Topliss-reactive ketones (excluding diaryl/α,β-unsaturated/α-hetero) is 1.